The molecule has 0 bridgehead atoms. The number of rotatable bonds is 0. The molecule has 0 heterocycles. The van der Waals surface area contributed by atoms with Crippen molar-refractivity contribution in [3.05, 3.63) is 0 Å². The second-order valence-electron chi connectivity index (χ2n) is 0.792. The predicted molar refractivity (Wildman–Crippen MR) is 11.7 cm³/mol. The summed E-state index contributed by atoms with van der Waals surface area (Å²) >= 11 is 0. The minimum Gasteiger partial charge on any atom is -0.412 e. The van der Waals surface area contributed by atoms with Gasteiger partial charge in [0.2, 0.25) is 0 Å². The monoisotopic (exact) mass is 236 g/mol. The van der Waals surface area contributed by atoms with Gasteiger partial charge in [0.1, 0.15) is 0 Å². The highest BCUT2D eigenvalue weighted by Gasteiger charge is 1.99. The minimum absolute atomic E-state index is 0. The highest BCUT2D eigenvalue weighted by molar-refractivity contribution is 2.16. The lowest BCUT2D eigenvalue weighted by Crippen LogP contribution is -2.58. The van der Waals surface area contributed by atoms with E-state index in [9.17, 15) is 0 Å². The Hall–Kier alpha value is 0.180. The van der Waals surface area contributed by atoms with Crippen molar-refractivity contribution in [3.63, 3.8) is 0 Å². The van der Waals surface area contributed by atoms with E-state index in [1.807, 2.05) is 0 Å². The summed E-state index contributed by atoms with van der Waals surface area (Å²) in [6.07, 6.45) is 0. The van der Waals surface area contributed by atoms with Gasteiger partial charge in [-0.2, -0.15) is 28.0 Å². The lowest BCUT2D eigenvalue weighted by atomic mass is 15.8. The molecule has 0 aliphatic rings. The van der Waals surface area contributed by atoms with Crippen LogP contribution in [0.25, 0.3) is 0 Å². The maximum absolute atomic E-state index is 8.60. The molecule has 0 saturated heterocycles. The molecule has 0 amide bonds. The van der Waals surface area contributed by atoms with Crippen molar-refractivity contribution in [3.8, 4) is 0 Å². The van der Waals surface area contributed by atoms with Crippen molar-refractivity contribution < 1.29 is 68.7 Å². The molecule has 0 spiro atoms. The third-order valence-corrected chi connectivity index (χ3v) is 0. The zero-order valence-electron chi connectivity index (χ0n) is 5.10. The number of halogens is 2. The molecule has 12 heteroatoms. The first-order valence-electron chi connectivity index (χ1n) is 1.26. The van der Waals surface area contributed by atoms with Gasteiger partial charge in [0, 0.05) is 0 Å². The van der Waals surface area contributed by atoms with E-state index in [0.29, 0.717) is 0 Å². The standard InChI is InChI=1S/2ClHO4.2H2O/c2*2-1(3,4)5;;/h2*(H,2,3,4,5);2*1H2. The Labute approximate surface area is 69.6 Å². The van der Waals surface area contributed by atoms with Crippen LogP contribution < -0.4 is 28.0 Å². The zero-order chi connectivity index (χ0) is 9.00. The molecule has 0 aromatic rings. The van der Waals surface area contributed by atoms with Crippen LogP contribution in [-0.2, 0) is 0 Å². The van der Waals surface area contributed by atoms with Gasteiger partial charge in [-0.1, -0.05) is 0 Å². The van der Waals surface area contributed by atoms with E-state index in [-0.39, 0.29) is 11.0 Å². The van der Waals surface area contributed by atoms with Crippen LogP contribution in [0.5, 0.6) is 0 Å². The number of hydrogen-bond donors (Lipinski definition) is 2. The third-order valence-electron chi connectivity index (χ3n) is 0. The first-order valence-corrected chi connectivity index (χ1v) is 3.79. The highest BCUT2D eigenvalue weighted by Crippen LogP contribution is 1.61. The molecule has 6 N–H and O–H groups in total. The predicted octanol–water partition coefficient (Wildman–Crippen LogP) is -9.90. The Morgan fingerprint density at radius 3 is 0.583 bits per heavy atom. The van der Waals surface area contributed by atoms with Gasteiger partial charge in [0.15, 0.2) is 0 Å². The maximum atomic E-state index is 8.60. The van der Waals surface area contributed by atoms with Gasteiger partial charge in [-0.3, -0.25) is 0 Å². The fourth-order valence-electron chi connectivity index (χ4n) is 0. The van der Waals surface area contributed by atoms with E-state index >= 15 is 0 Å². The van der Waals surface area contributed by atoms with E-state index in [1.165, 1.54) is 0 Å². The smallest absolute Gasteiger partial charge is 0.0777 e. The van der Waals surface area contributed by atoms with E-state index in [1.54, 1.807) is 0 Å². The molecule has 80 valence electrons. The molecule has 0 aliphatic heterocycles. The van der Waals surface area contributed by atoms with Crippen LogP contribution in [0.15, 0.2) is 0 Å². The lowest BCUT2D eigenvalue weighted by molar-refractivity contribution is -1.92. The van der Waals surface area contributed by atoms with Crippen LogP contribution >= 0.6 is 0 Å². The summed E-state index contributed by atoms with van der Waals surface area (Å²) in [6, 6.07) is 0. The Balaban J connectivity index is -0.0000000457. The van der Waals surface area contributed by atoms with E-state index in [4.69, 9.17) is 37.3 Å². The SMILES string of the molecule is O.O.[O-][Cl+3]([O-])([O-])O.[O-][Cl+3]([O-])([O-])O. The Morgan fingerprint density at radius 1 is 0.583 bits per heavy atom. The Kier molecular flexibility index (Phi) is 14.8. The third kappa shape index (κ3) is 26500. The summed E-state index contributed by atoms with van der Waals surface area (Å²) in [6.45, 7) is 0. The summed E-state index contributed by atoms with van der Waals surface area (Å²) in [5.41, 5.74) is 0. The summed E-state index contributed by atoms with van der Waals surface area (Å²) in [4.78, 5) is 0. The van der Waals surface area contributed by atoms with Gasteiger partial charge in [-0.25, -0.2) is 0 Å². The van der Waals surface area contributed by atoms with Crippen LogP contribution in [0.2, 0.25) is 0 Å². The van der Waals surface area contributed by atoms with Crippen molar-refractivity contribution in [2.24, 2.45) is 0 Å². The number of hydrogen-bond acceptors (Lipinski definition) is 8. The molecular weight excluding hydrogens is 231 g/mol. The summed E-state index contributed by atoms with van der Waals surface area (Å²) in [5, 5.41) is 0. The van der Waals surface area contributed by atoms with Crippen molar-refractivity contribution in [1.82, 2.24) is 0 Å². The van der Waals surface area contributed by atoms with Crippen molar-refractivity contribution in [2.75, 3.05) is 0 Å². The van der Waals surface area contributed by atoms with E-state index in [2.05, 4.69) is 0 Å². The fraction of sp³-hybridized carbons (Fsp3) is 0. The molecule has 0 saturated carbocycles. The molecule has 12 heavy (non-hydrogen) atoms. The maximum Gasteiger partial charge on any atom is 0.0777 e. The van der Waals surface area contributed by atoms with Crippen molar-refractivity contribution in [1.29, 1.82) is 0 Å². The molecule has 0 radical (unpaired) electrons. The van der Waals surface area contributed by atoms with Crippen molar-refractivity contribution in [2.45, 2.75) is 0 Å². The fourth-order valence-corrected chi connectivity index (χ4v) is 0. The average Bonchev–Trinajstić information content (AvgIpc) is 1.12. The molecule has 0 atom stereocenters. The summed E-state index contributed by atoms with van der Waals surface area (Å²) < 4.78 is 65.4. The molecule has 10 nitrogen and oxygen atoms in total. The van der Waals surface area contributed by atoms with E-state index in [0.717, 1.165) is 0 Å². The van der Waals surface area contributed by atoms with Crippen LogP contribution in [-0.4, -0.2) is 20.3 Å². The van der Waals surface area contributed by atoms with E-state index < -0.39 is 20.5 Å². The molecule has 0 aliphatic carbocycles. The van der Waals surface area contributed by atoms with Crippen LogP contribution in [0.1, 0.15) is 0 Å². The minimum atomic E-state index is -4.69. The van der Waals surface area contributed by atoms with Crippen molar-refractivity contribution >= 4 is 0 Å². The zero-order valence-corrected chi connectivity index (χ0v) is 6.61. The van der Waals surface area contributed by atoms with Gasteiger partial charge in [0.05, 0.1) is 29.8 Å². The average molecular weight is 237 g/mol. The van der Waals surface area contributed by atoms with Gasteiger partial charge in [0.25, 0.3) is 0 Å². The molecule has 0 aromatic carbocycles. The molecule has 0 fully saturated rings. The van der Waals surface area contributed by atoms with Crippen LogP contribution in [0.3, 0.4) is 0 Å². The molecule has 0 aromatic heterocycles. The molecular formula is H6Cl2O10. The molecule has 0 unspecified atom stereocenters. The second-order valence-corrected chi connectivity index (χ2v) is 2.38. The van der Waals surface area contributed by atoms with Crippen LogP contribution in [0, 0.1) is 20.5 Å². The second kappa shape index (κ2) is 7.81. The Morgan fingerprint density at radius 2 is 0.583 bits per heavy atom. The molecule has 0 rings (SSSR count). The van der Waals surface area contributed by atoms with Gasteiger partial charge >= 0.3 is 0 Å². The van der Waals surface area contributed by atoms with Crippen LogP contribution in [0.4, 0.5) is 0 Å². The normalized spacial score (nSPS) is 10.0. The lowest BCUT2D eigenvalue weighted by Gasteiger charge is -2.03. The van der Waals surface area contributed by atoms with Gasteiger partial charge in [-0.05, 0) is 0 Å². The van der Waals surface area contributed by atoms with Gasteiger partial charge < -0.3 is 11.0 Å². The topological polar surface area (TPSA) is 242 Å². The first kappa shape index (κ1) is 22.8. The Bertz CT molecular complexity index is 50.8. The van der Waals surface area contributed by atoms with Gasteiger partial charge in [-0.15, -0.1) is 0 Å². The first-order chi connectivity index (χ1) is 4.00. The quantitative estimate of drug-likeness (QED) is 0.408. The summed E-state index contributed by atoms with van der Waals surface area (Å²) in [5.74, 6) is 0. The largest absolute Gasteiger partial charge is 0.412 e. The summed E-state index contributed by atoms with van der Waals surface area (Å²) in [7, 11) is -9.39. The highest BCUT2D eigenvalue weighted by atomic mass is 35.7.